The van der Waals surface area contributed by atoms with Crippen molar-refractivity contribution in [2.24, 2.45) is 0 Å². The average Bonchev–Trinajstić information content (AvgIpc) is 2.91. The van der Waals surface area contributed by atoms with Crippen LogP contribution < -0.4 is 4.74 Å². The summed E-state index contributed by atoms with van der Waals surface area (Å²) in [6, 6.07) is 10.9. The minimum Gasteiger partial charge on any atom is -0.497 e. The monoisotopic (exact) mass is 296 g/mol. The second-order valence-electron chi connectivity index (χ2n) is 5.26. The zero-order valence-corrected chi connectivity index (χ0v) is 12.6. The Labute approximate surface area is 127 Å². The lowest BCUT2D eigenvalue weighted by molar-refractivity contribution is -0.382. The van der Waals surface area contributed by atoms with Crippen LogP contribution in [0.5, 0.6) is 5.75 Å². The molecule has 0 saturated carbocycles. The Kier molecular flexibility index (Phi) is 3.33. The zero-order valence-electron chi connectivity index (χ0n) is 12.6. The summed E-state index contributed by atoms with van der Waals surface area (Å²) >= 11 is 0. The number of aromatic amines is 1. The molecule has 1 N–H and O–H groups in total. The third-order valence-electron chi connectivity index (χ3n) is 4.04. The normalized spacial score (nSPS) is 10.9. The van der Waals surface area contributed by atoms with Crippen LogP contribution in [0, 0.1) is 24.0 Å². The van der Waals surface area contributed by atoms with Crippen molar-refractivity contribution in [1.82, 2.24) is 4.98 Å². The quantitative estimate of drug-likeness (QED) is 0.576. The minimum atomic E-state index is -0.326. The van der Waals surface area contributed by atoms with E-state index in [4.69, 9.17) is 4.74 Å². The van der Waals surface area contributed by atoms with E-state index in [2.05, 4.69) is 4.98 Å². The van der Waals surface area contributed by atoms with Crippen LogP contribution in [0.1, 0.15) is 11.1 Å². The first-order valence-corrected chi connectivity index (χ1v) is 6.93. The van der Waals surface area contributed by atoms with Gasteiger partial charge in [-0.05, 0) is 55.3 Å². The number of hydrogen-bond acceptors (Lipinski definition) is 3. The first-order valence-electron chi connectivity index (χ1n) is 6.93. The highest BCUT2D eigenvalue weighted by atomic mass is 16.6. The van der Waals surface area contributed by atoms with Gasteiger partial charge in [0.05, 0.1) is 22.9 Å². The van der Waals surface area contributed by atoms with Crippen LogP contribution in [0.3, 0.4) is 0 Å². The van der Waals surface area contributed by atoms with E-state index in [-0.39, 0.29) is 10.6 Å². The Morgan fingerprint density at radius 1 is 1.09 bits per heavy atom. The maximum atomic E-state index is 11.6. The molecule has 22 heavy (non-hydrogen) atoms. The predicted octanol–water partition coefficient (Wildman–Crippen LogP) is 4.37. The molecule has 5 heteroatoms. The summed E-state index contributed by atoms with van der Waals surface area (Å²) in [5.41, 5.74) is 4.35. The number of benzene rings is 2. The van der Waals surface area contributed by atoms with Crippen molar-refractivity contribution < 1.29 is 9.66 Å². The minimum absolute atomic E-state index is 0.114. The Morgan fingerprint density at radius 2 is 1.77 bits per heavy atom. The third-order valence-corrected chi connectivity index (χ3v) is 4.04. The number of rotatable bonds is 3. The average molecular weight is 296 g/mol. The summed E-state index contributed by atoms with van der Waals surface area (Å²) in [6.45, 7) is 3.96. The van der Waals surface area contributed by atoms with Gasteiger partial charge in [-0.2, -0.15) is 0 Å². The fraction of sp³-hybridized carbons (Fsp3) is 0.176. The lowest BCUT2D eigenvalue weighted by atomic mass is 10.1. The highest BCUT2D eigenvalue weighted by Crippen LogP contribution is 2.38. The second kappa shape index (κ2) is 5.18. The smallest absolute Gasteiger partial charge is 0.302 e. The number of aryl methyl sites for hydroxylation is 2. The summed E-state index contributed by atoms with van der Waals surface area (Å²) < 4.78 is 5.13. The lowest BCUT2D eigenvalue weighted by Gasteiger charge is -2.01. The van der Waals surface area contributed by atoms with Crippen LogP contribution in [0.15, 0.2) is 36.4 Å². The van der Waals surface area contributed by atoms with E-state index in [1.165, 1.54) is 0 Å². The van der Waals surface area contributed by atoms with Gasteiger partial charge in [-0.25, -0.2) is 0 Å². The van der Waals surface area contributed by atoms with E-state index in [9.17, 15) is 10.1 Å². The molecular weight excluding hydrogens is 280 g/mol. The number of ether oxygens (including phenoxy) is 1. The molecule has 3 aromatic rings. The van der Waals surface area contributed by atoms with Gasteiger partial charge in [0.2, 0.25) is 0 Å². The molecule has 1 aromatic heterocycles. The van der Waals surface area contributed by atoms with Gasteiger partial charge in [-0.1, -0.05) is 6.07 Å². The molecule has 0 spiro atoms. The molecule has 0 saturated heterocycles. The van der Waals surface area contributed by atoms with E-state index in [0.29, 0.717) is 11.1 Å². The van der Waals surface area contributed by atoms with Gasteiger partial charge in [0.25, 0.3) is 0 Å². The number of methoxy groups -OCH3 is 1. The summed E-state index contributed by atoms with van der Waals surface area (Å²) in [6.07, 6.45) is 0. The number of hydrogen-bond donors (Lipinski definition) is 1. The molecule has 0 atom stereocenters. The SMILES string of the molecule is COc1ccc(-c2[nH]c3c(C)c(C)ccc3c2[N+](=O)[O-])cc1. The number of aromatic nitrogens is 1. The largest absolute Gasteiger partial charge is 0.497 e. The van der Waals surface area contributed by atoms with Gasteiger partial charge >= 0.3 is 5.69 Å². The van der Waals surface area contributed by atoms with Crippen molar-refractivity contribution in [3.8, 4) is 17.0 Å². The molecule has 0 unspecified atom stereocenters. The fourth-order valence-electron chi connectivity index (χ4n) is 2.65. The van der Waals surface area contributed by atoms with Crippen LogP contribution in [0.2, 0.25) is 0 Å². The van der Waals surface area contributed by atoms with Crippen LogP contribution in [0.25, 0.3) is 22.2 Å². The van der Waals surface area contributed by atoms with Gasteiger partial charge in [0.1, 0.15) is 11.4 Å². The van der Waals surface area contributed by atoms with Crippen molar-refractivity contribution >= 4 is 16.6 Å². The Hall–Kier alpha value is -2.82. The molecule has 112 valence electrons. The van der Waals surface area contributed by atoms with Gasteiger partial charge in [-0.3, -0.25) is 10.1 Å². The molecule has 0 aliphatic heterocycles. The van der Waals surface area contributed by atoms with Crippen molar-refractivity contribution in [3.63, 3.8) is 0 Å². The van der Waals surface area contributed by atoms with Crippen molar-refractivity contribution in [2.45, 2.75) is 13.8 Å². The summed E-state index contributed by atoms with van der Waals surface area (Å²) in [4.78, 5) is 14.5. The van der Waals surface area contributed by atoms with Gasteiger partial charge < -0.3 is 9.72 Å². The molecule has 0 aliphatic carbocycles. The van der Waals surface area contributed by atoms with E-state index in [0.717, 1.165) is 28.0 Å². The molecule has 0 radical (unpaired) electrons. The molecule has 0 bridgehead atoms. The Balaban J connectivity index is 2.30. The van der Waals surface area contributed by atoms with Gasteiger partial charge in [0.15, 0.2) is 0 Å². The number of nitro groups is 1. The number of fused-ring (bicyclic) bond motifs is 1. The molecule has 5 nitrogen and oxygen atoms in total. The molecule has 0 fully saturated rings. The maximum absolute atomic E-state index is 11.6. The van der Waals surface area contributed by atoms with E-state index >= 15 is 0 Å². The van der Waals surface area contributed by atoms with Crippen LogP contribution in [0.4, 0.5) is 5.69 Å². The topological polar surface area (TPSA) is 68.2 Å². The summed E-state index contributed by atoms with van der Waals surface area (Å²) in [7, 11) is 1.59. The molecule has 0 aliphatic rings. The van der Waals surface area contributed by atoms with Crippen molar-refractivity contribution in [2.75, 3.05) is 7.11 Å². The maximum Gasteiger partial charge on any atom is 0.302 e. The van der Waals surface area contributed by atoms with Crippen LogP contribution in [-0.4, -0.2) is 17.0 Å². The van der Waals surface area contributed by atoms with Gasteiger partial charge in [-0.15, -0.1) is 0 Å². The zero-order chi connectivity index (χ0) is 15.9. The second-order valence-corrected chi connectivity index (χ2v) is 5.26. The summed E-state index contributed by atoms with van der Waals surface area (Å²) in [5.74, 6) is 0.717. The van der Waals surface area contributed by atoms with Crippen LogP contribution >= 0.6 is 0 Å². The highest BCUT2D eigenvalue weighted by Gasteiger charge is 2.24. The predicted molar refractivity (Wildman–Crippen MR) is 86.4 cm³/mol. The Bertz CT molecular complexity index is 864. The number of H-pyrrole nitrogens is 1. The molecule has 1 heterocycles. The van der Waals surface area contributed by atoms with Crippen LogP contribution in [-0.2, 0) is 0 Å². The van der Waals surface area contributed by atoms with E-state index < -0.39 is 0 Å². The number of nitrogens with zero attached hydrogens (tertiary/aromatic N) is 1. The lowest BCUT2D eigenvalue weighted by Crippen LogP contribution is -1.90. The number of nitrogens with one attached hydrogen (secondary N) is 1. The van der Waals surface area contributed by atoms with Gasteiger partial charge in [0, 0.05) is 5.56 Å². The van der Waals surface area contributed by atoms with Crippen molar-refractivity contribution in [3.05, 3.63) is 57.6 Å². The summed E-state index contributed by atoms with van der Waals surface area (Å²) in [5, 5.41) is 12.2. The van der Waals surface area contributed by atoms with E-state index in [1.807, 2.05) is 32.0 Å². The first kappa shape index (κ1) is 14.1. The highest BCUT2D eigenvalue weighted by molar-refractivity contribution is 5.99. The van der Waals surface area contributed by atoms with E-state index in [1.54, 1.807) is 25.3 Å². The molecule has 3 rings (SSSR count). The third kappa shape index (κ3) is 2.11. The molecule has 2 aromatic carbocycles. The van der Waals surface area contributed by atoms with Crippen molar-refractivity contribution in [1.29, 1.82) is 0 Å². The standard InChI is InChI=1S/C17H16N2O3/c1-10-4-9-14-15(11(10)2)18-16(17(14)19(20)21)12-5-7-13(22-3)8-6-12/h4-9,18H,1-3H3. The fourth-order valence-corrected chi connectivity index (χ4v) is 2.65. The first-order chi connectivity index (χ1) is 10.5. The molecule has 0 amide bonds. The molecular formula is C17H16N2O3. The Morgan fingerprint density at radius 3 is 2.36 bits per heavy atom.